The fourth-order valence-electron chi connectivity index (χ4n) is 5.20. The molecule has 2 heterocycles. The topological polar surface area (TPSA) is 50.6 Å². The molecule has 0 radical (unpaired) electrons. The molecule has 1 amide bonds. The molecule has 196 valence electrons. The van der Waals surface area contributed by atoms with Crippen molar-refractivity contribution >= 4 is 22.6 Å². The Morgan fingerprint density at radius 3 is 2.15 bits per heavy atom. The largest absolute Gasteiger partial charge is 0.493 e. The highest BCUT2D eigenvalue weighted by Gasteiger charge is 2.23. The Bertz CT molecular complexity index is 1530. The number of carbonyl (C=O) groups excluding carboxylic acids is 1. The van der Waals surface area contributed by atoms with E-state index in [9.17, 15) is 4.79 Å². The van der Waals surface area contributed by atoms with E-state index in [1.54, 1.807) is 0 Å². The number of benzene rings is 4. The molecule has 1 aliphatic rings. The van der Waals surface area contributed by atoms with Gasteiger partial charge < -0.3 is 19.1 Å². The lowest BCUT2D eigenvalue weighted by molar-refractivity contribution is 0.0747. The Morgan fingerprint density at radius 2 is 1.44 bits per heavy atom. The number of nitrogens with zero attached hydrogens (tertiary/aromatic N) is 4. The second-order valence-electron chi connectivity index (χ2n) is 9.83. The van der Waals surface area contributed by atoms with Gasteiger partial charge in [0.25, 0.3) is 5.91 Å². The van der Waals surface area contributed by atoms with E-state index in [0.29, 0.717) is 26.1 Å². The van der Waals surface area contributed by atoms with Gasteiger partial charge in [-0.2, -0.15) is 0 Å². The highest BCUT2D eigenvalue weighted by molar-refractivity contribution is 5.94. The van der Waals surface area contributed by atoms with Crippen LogP contribution in [0.15, 0.2) is 109 Å². The number of aromatic nitrogens is 2. The van der Waals surface area contributed by atoms with Gasteiger partial charge in [-0.3, -0.25) is 4.79 Å². The van der Waals surface area contributed by atoms with Crippen molar-refractivity contribution < 1.29 is 9.53 Å². The van der Waals surface area contributed by atoms with Crippen molar-refractivity contribution in [2.75, 3.05) is 37.7 Å². The number of hydrogen-bond donors (Lipinski definition) is 0. The van der Waals surface area contributed by atoms with E-state index < -0.39 is 0 Å². The molecule has 5 aromatic rings. The van der Waals surface area contributed by atoms with Crippen LogP contribution >= 0.6 is 0 Å². The molecule has 0 saturated carbocycles. The number of piperazine rings is 1. The lowest BCUT2D eigenvalue weighted by Crippen LogP contribution is -2.48. The van der Waals surface area contributed by atoms with Gasteiger partial charge in [-0.1, -0.05) is 66.7 Å². The van der Waals surface area contributed by atoms with Crippen LogP contribution in [0.5, 0.6) is 5.75 Å². The first-order valence-electron chi connectivity index (χ1n) is 13.5. The maximum atomic E-state index is 12.9. The summed E-state index contributed by atoms with van der Waals surface area (Å²) in [6.07, 6.45) is 0.714. The Kier molecular flexibility index (Phi) is 7.25. The van der Waals surface area contributed by atoms with Crippen molar-refractivity contribution in [1.29, 1.82) is 0 Å². The van der Waals surface area contributed by atoms with Crippen LogP contribution in [0.3, 0.4) is 0 Å². The molecule has 6 nitrogen and oxygen atoms in total. The summed E-state index contributed by atoms with van der Waals surface area (Å²) in [5.74, 6) is 1.99. The first-order valence-corrected chi connectivity index (χ1v) is 13.5. The van der Waals surface area contributed by atoms with Crippen LogP contribution in [0, 0.1) is 0 Å². The van der Waals surface area contributed by atoms with E-state index in [1.807, 2.05) is 71.6 Å². The summed E-state index contributed by atoms with van der Waals surface area (Å²) in [4.78, 5) is 22.2. The standard InChI is InChI=1S/C33H32N4O2/c38-33(27-12-6-2-7-13-27)36-21-19-35(20-22-36)28-16-17-30-31(24-28)37(25-26-10-4-1-5-11-26)32(34-30)18-23-39-29-14-8-3-9-15-29/h1-17,24H,18-23,25H2. The van der Waals surface area contributed by atoms with Gasteiger partial charge in [0.05, 0.1) is 17.6 Å². The van der Waals surface area contributed by atoms with Crippen LogP contribution in [0.4, 0.5) is 5.69 Å². The number of carbonyl (C=O) groups is 1. The Hall–Kier alpha value is -4.58. The number of para-hydroxylation sites is 1. The molecule has 1 saturated heterocycles. The number of imidazole rings is 1. The van der Waals surface area contributed by atoms with Gasteiger partial charge in [0, 0.05) is 50.4 Å². The number of anilines is 1. The molecule has 1 aliphatic heterocycles. The molecule has 6 rings (SSSR count). The van der Waals surface area contributed by atoms with Crippen LogP contribution in [0.25, 0.3) is 11.0 Å². The van der Waals surface area contributed by atoms with Gasteiger partial charge in [-0.25, -0.2) is 4.98 Å². The maximum Gasteiger partial charge on any atom is 0.253 e. The van der Waals surface area contributed by atoms with Crippen molar-refractivity contribution in [2.24, 2.45) is 0 Å². The average Bonchev–Trinajstić information content (AvgIpc) is 3.34. The highest BCUT2D eigenvalue weighted by Crippen LogP contribution is 2.26. The molecular weight excluding hydrogens is 484 g/mol. The highest BCUT2D eigenvalue weighted by atomic mass is 16.5. The van der Waals surface area contributed by atoms with Gasteiger partial charge in [-0.15, -0.1) is 0 Å². The second kappa shape index (κ2) is 11.4. The van der Waals surface area contributed by atoms with Gasteiger partial charge in [0.15, 0.2) is 0 Å². The van der Waals surface area contributed by atoms with E-state index in [2.05, 4.69) is 51.9 Å². The zero-order valence-electron chi connectivity index (χ0n) is 21.9. The van der Waals surface area contributed by atoms with Gasteiger partial charge in [0.2, 0.25) is 0 Å². The molecule has 0 N–H and O–H groups in total. The predicted octanol–water partition coefficient (Wildman–Crippen LogP) is 5.67. The summed E-state index contributed by atoms with van der Waals surface area (Å²) in [5, 5.41) is 0. The van der Waals surface area contributed by atoms with Crippen LogP contribution in [-0.2, 0) is 13.0 Å². The Morgan fingerprint density at radius 1 is 0.769 bits per heavy atom. The first-order chi connectivity index (χ1) is 19.2. The number of amides is 1. The van der Waals surface area contributed by atoms with Gasteiger partial charge in [-0.05, 0) is 48.0 Å². The summed E-state index contributed by atoms with van der Waals surface area (Å²) in [6, 6.07) is 36.5. The van der Waals surface area contributed by atoms with E-state index in [4.69, 9.17) is 9.72 Å². The predicted molar refractivity (Wildman–Crippen MR) is 155 cm³/mol. The molecule has 4 aromatic carbocycles. The molecule has 0 spiro atoms. The lowest BCUT2D eigenvalue weighted by atomic mass is 10.1. The fourth-order valence-corrected chi connectivity index (χ4v) is 5.20. The van der Waals surface area contributed by atoms with E-state index >= 15 is 0 Å². The quantitative estimate of drug-likeness (QED) is 0.267. The second-order valence-corrected chi connectivity index (χ2v) is 9.83. The minimum absolute atomic E-state index is 0.106. The number of rotatable bonds is 8. The molecule has 0 atom stereocenters. The fraction of sp³-hybridized carbons (Fsp3) is 0.212. The van der Waals surface area contributed by atoms with Crippen molar-refractivity contribution in [3.05, 3.63) is 126 Å². The summed E-state index contributed by atoms with van der Waals surface area (Å²) < 4.78 is 8.31. The SMILES string of the molecule is O=C(c1ccccc1)N1CCN(c2ccc3nc(CCOc4ccccc4)n(Cc4ccccc4)c3c2)CC1. The summed E-state index contributed by atoms with van der Waals surface area (Å²) in [7, 11) is 0. The average molecular weight is 517 g/mol. The minimum Gasteiger partial charge on any atom is -0.493 e. The number of fused-ring (bicyclic) bond motifs is 1. The monoisotopic (exact) mass is 516 g/mol. The molecule has 0 aliphatic carbocycles. The number of ether oxygens (including phenoxy) is 1. The van der Waals surface area contributed by atoms with Gasteiger partial charge >= 0.3 is 0 Å². The lowest BCUT2D eigenvalue weighted by Gasteiger charge is -2.36. The van der Waals surface area contributed by atoms with Crippen molar-refractivity contribution in [2.45, 2.75) is 13.0 Å². The van der Waals surface area contributed by atoms with Crippen LogP contribution in [0.2, 0.25) is 0 Å². The molecule has 0 bridgehead atoms. The van der Waals surface area contributed by atoms with Crippen molar-refractivity contribution in [3.8, 4) is 5.75 Å². The van der Waals surface area contributed by atoms with E-state index in [1.165, 1.54) is 5.56 Å². The normalized spacial score (nSPS) is 13.5. The molecule has 6 heteroatoms. The van der Waals surface area contributed by atoms with Gasteiger partial charge in [0.1, 0.15) is 11.6 Å². The van der Waals surface area contributed by atoms with Crippen LogP contribution < -0.4 is 9.64 Å². The van der Waals surface area contributed by atoms with Crippen LogP contribution in [0.1, 0.15) is 21.7 Å². The summed E-state index contributed by atoms with van der Waals surface area (Å²) in [6.45, 7) is 4.32. The third-order valence-corrected chi connectivity index (χ3v) is 7.28. The maximum absolute atomic E-state index is 12.9. The molecule has 1 aromatic heterocycles. The number of hydrogen-bond acceptors (Lipinski definition) is 4. The Labute approximate surface area is 229 Å². The summed E-state index contributed by atoms with van der Waals surface area (Å²) in [5.41, 5.74) is 5.26. The van der Waals surface area contributed by atoms with E-state index in [-0.39, 0.29) is 5.91 Å². The smallest absolute Gasteiger partial charge is 0.253 e. The first kappa shape index (κ1) is 24.7. The molecule has 0 unspecified atom stereocenters. The third-order valence-electron chi connectivity index (χ3n) is 7.28. The third kappa shape index (κ3) is 5.65. The minimum atomic E-state index is 0.106. The molecular formula is C33H32N4O2. The van der Waals surface area contributed by atoms with Crippen molar-refractivity contribution in [3.63, 3.8) is 0 Å². The zero-order chi connectivity index (χ0) is 26.4. The Balaban J connectivity index is 1.21. The molecule has 39 heavy (non-hydrogen) atoms. The van der Waals surface area contributed by atoms with E-state index in [0.717, 1.165) is 53.5 Å². The molecule has 1 fully saturated rings. The van der Waals surface area contributed by atoms with Crippen LogP contribution in [-0.4, -0.2) is 53.1 Å². The van der Waals surface area contributed by atoms with Crippen molar-refractivity contribution in [1.82, 2.24) is 14.5 Å². The summed E-state index contributed by atoms with van der Waals surface area (Å²) >= 11 is 0. The zero-order valence-corrected chi connectivity index (χ0v) is 21.9.